The van der Waals surface area contributed by atoms with E-state index in [0.717, 1.165) is 30.5 Å². The molecule has 0 spiro atoms. The Balaban J connectivity index is 2.17. The summed E-state index contributed by atoms with van der Waals surface area (Å²) in [5, 5.41) is 7.31. The van der Waals surface area contributed by atoms with Crippen LogP contribution >= 0.6 is 0 Å². The van der Waals surface area contributed by atoms with Crippen molar-refractivity contribution in [1.29, 1.82) is 0 Å². The Bertz CT molecular complexity index is 283. The zero-order chi connectivity index (χ0) is 11.8. The molecule has 0 saturated heterocycles. The van der Waals surface area contributed by atoms with Gasteiger partial charge in [0.15, 0.2) is 5.76 Å². The Morgan fingerprint density at radius 2 is 2.25 bits per heavy atom. The van der Waals surface area contributed by atoms with E-state index in [4.69, 9.17) is 4.52 Å². The summed E-state index contributed by atoms with van der Waals surface area (Å²) in [7, 11) is 0. The van der Waals surface area contributed by atoms with Crippen LogP contribution in [0.25, 0.3) is 0 Å². The second kappa shape index (κ2) is 7.44. The van der Waals surface area contributed by atoms with Crippen molar-refractivity contribution in [3.8, 4) is 0 Å². The van der Waals surface area contributed by atoms with Gasteiger partial charge in [0.25, 0.3) is 0 Å². The number of hydrogen-bond acceptors (Lipinski definition) is 3. The monoisotopic (exact) mass is 224 g/mol. The molecule has 1 unspecified atom stereocenters. The summed E-state index contributed by atoms with van der Waals surface area (Å²) < 4.78 is 5.15. The van der Waals surface area contributed by atoms with Gasteiger partial charge in [-0.1, -0.05) is 38.3 Å². The average Bonchev–Trinajstić information content (AvgIpc) is 2.69. The van der Waals surface area contributed by atoms with Crippen molar-refractivity contribution in [3.05, 3.63) is 17.5 Å². The molecule has 0 aromatic carbocycles. The Morgan fingerprint density at radius 1 is 1.44 bits per heavy atom. The fraction of sp³-hybridized carbons (Fsp3) is 0.769. The first-order valence-corrected chi connectivity index (χ1v) is 6.39. The van der Waals surface area contributed by atoms with Crippen molar-refractivity contribution in [2.75, 3.05) is 6.54 Å². The number of aryl methyl sites for hydroxylation is 1. The summed E-state index contributed by atoms with van der Waals surface area (Å²) in [4.78, 5) is 0. The van der Waals surface area contributed by atoms with Crippen LogP contribution in [0.5, 0.6) is 0 Å². The third-order valence-electron chi connectivity index (χ3n) is 2.95. The molecule has 1 aromatic rings. The van der Waals surface area contributed by atoms with Gasteiger partial charge in [-0.2, -0.15) is 0 Å². The van der Waals surface area contributed by atoms with Gasteiger partial charge < -0.3 is 9.84 Å². The van der Waals surface area contributed by atoms with Crippen LogP contribution < -0.4 is 5.32 Å². The van der Waals surface area contributed by atoms with Crippen LogP contribution in [-0.4, -0.2) is 11.7 Å². The van der Waals surface area contributed by atoms with E-state index < -0.39 is 0 Å². The van der Waals surface area contributed by atoms with E-state index in [1.54, 1.807) is 0 Å². The van der Waals surface area contributed by atoms with Crippen molar-refractivity contribution >= 4 is 0 Å². The van der Waals surface area contributed by atoms with Gasteiger partial charge in [0, 0.05) is 6.07 Å². The van der Waals surface area contributed by atoms with Crippen molar-refractivity contribution in [2.45, 2.75) is 53.0 Å². The predicted molar refractivity (Wildman–Crippen MR) is 66.3 cm³/mol. The molecule has 0 aliphatic heterocycles. The largest absolute Gasteiger partial charge is 0.360 e. The lowest BCUT2D eigenvalue weighted by Crippen LogP contribution is -2.21. The van der Waals surface area contributed by atoms with E-state index in [1.807, 2.05) is 13.0 Å². The number of unbranched alkanes of at least 4 members (excludes halogenated alkanes) is 1. The van der Waals surface area contributed by atoms with E-state index in [1.165, 1.54) is 25.7 Å². The quantitative estimate of drug-likeness (QED) is 0.736. The van der Waals surface area contributed by atoms with Gasteiger partial charge in [0.2, 0.25) is 0 Å². The molecule has 92 valence electrons. The molecule has 1 heterocycles. The second-order valence-corrected chi connectivity index (χ2v) is 4.48. The summed E-state index contributed by atoms with van der Waals surface area (Å²) >= 11 is 0. The Labute approximate surface area is 98.6 Å². The second-order valence-electron chi connectivity index (χ2n) is 4.48. The number of aromatic nitrogens is 1. The molecule has 1 rings (SSSR count). The summed E-state index contributed by atoms with van der Waals surface area (Å²) in [6.45, 7) is 8.33. The first-order chi connectivity index (χ1) is 7.76. The highest BCUT2D eigenvalue weighted by Crippen LogP contribution is 2.11. The zero-order valence-corrected chi connectivity index (χ0v) is 10.8. The molecule has 0 aliphatic carbocycles. The third-order valence-corrected chi connectivity index (χ3v) is 2.95. The fourth-order valence-electron chi connectivity index (χ4n) is 1.84. The molecule has 0 saturated carbocycles. The van der Waals surface area contributed by atoms with Crippen LogP contribution in [0.3, 0.4) is 0 Å². The van der Waals surface area contributed by atoms with Gasteiger partial charge in [0.1, 0.15) is 0 Å². The minimum absolute atomic E-state index is 0.795. The number of rotatable bonds is 8. The van der Waals surface area contributed by atoms with Crippen LogP contribution in [0.2, 0.25) is 0 Å². The molecule has 3 heteroatoms. The first kappa shape index (κ1) is 13.2. The van der Waals surface area contributed by atoms with Crippen LogP contribution in [0.4, 0.5) is 0 Å². The van der Waals surface area contributed by atoms with E-state index >= 15 is 0 Å². The Kier molecular flexibility index (Phi) is 6.16. The lowest BCUT2D eigenvalue weighted by atomic mass is 9.99. The van der Waals surface area contributed by atoms with Crippen LogP contribution in [-0.2, 0) is 6.54 Å². The highest BCUT2D eigenvalue weighted by molar-refractivity contribution is 5.02. The van der Waals surface area contributed by atoms with Crippen LogP contribution in [0.15, 0.2) is 10.6 Å². The molecular formula is C13H24N2O. The standard InChI is InChI=1S/C13H24N2O/c1-4-6-7-12(5-2)9-14-10-13-8-11(3)15-16-13/h8,12,14H,4-7,9-10H2,1-3H3. The maximum atomic E-state index is 5.15. The van der Waals surface area contributed by atoms with Crippen LogP contribution in [0.1, 0.15) is 51.0 Å². The highest BCUT2D eigenvalue weighted by atomic mass is 16.5. The summed E-state index contributed by atoms with van der Waals surface area (Å²) in [6, 6.07) is 1.99. The van der Waals surface area contributed by atoms with Crippen molar-refractivity contribution in [1.82, 2.24) is 10.5 Å². The Hall–Kier alpha value is -0.830. The molecule has 1 aromatic heterocycles. The molecule has 0 amide bonds. The lowest BCUT2D eigenvalue weighted by Gasteiger charge is -2.14. The number of nitrogens with one attached hydrogen (secondary N) is 1. The van der Waals surface area contributed by atoms with Gasteiger partial charge in [-0.05, 0) is 25.8 Å². The minimum atomic E-state index is 0.795. The molecule has 1 atom stereocenters. The number of hydrogen-bond donors (Lipinski definition) is 1. The van der Waals surface area contributed by atoms with Crippen molar-refractivity contribution in [2.24, 2.45) is 5.92 Å². The smallest absolute Gasteiger partial charge is 0.150 e. The molecule has 16 heavy (non-hydrogen) atoms. The summed E-state index contributed by atoms with van der Waals surface area (Å²) in [5.74, 6) is 1.73. The van der Waals surface area contributed by atoms with Crippen LogP contribution in [0, 0.1) is 12.8 Å². The van der Waals surface area contributed by atoms with E-state index in [0.29, 0.717) is 0 Å². The molecule has 3 nitrogen and oxygen atoms in total. The molecule has 0 aliphatic rings. The molecule has 0 radical (unpaired) electrons. The maximum Gasteiger partial charge on any atom is 0.150 e. The molecule has 1 N–H and O–H groups in total. The van der Waals surface area contributed by atoms with Gasteiger partial charge in [-0.25, -0.2) is 0 Å². The molecular weight excluding hydrogens is 200 g/mol. The first-order valence-electron chi connectivity index (χ1n) is 6.39. The topological polar surface area (TPSA) is 38.1 Å². The average molecular weight is 224 g/mol. The van der Waals surface area contributed by atoms with E-state index in [9.17, 15) is 0 Å². The summed E-state index contributed by atoms with van der Waals surface area (Å²) in [6.07, 6.45) is 5.21. The van der Waals surface area contributed by atoms with Gasteiger partial charge >= 0.3 is 0 Å². The highest BCUT2D eigenvalue weighted by Gasteiger charge is 2.06. The van der Waals surface area contributed by atoms with Crippen molar-refractivity contribution in [3.63, 3.8) is 0 Å². The number of nitrogens with zero attached hydrogens (tertiary/aromatic N) is 1. The van der Waals surface area contributed by atoms with Gasteiger partial charge in [0.05, 0.1) is 12.2 Å². The fourth-order valence-corrected chi connectivity index (χ4v) is 1.84. The third kappa shape index (κ3) is 4.79. The SMILES string of the molecule is CCCCC(CC)CNCc1cc(C)no1. The van der Waals surface area contributed by atoms with Crippen molar-refractivity contribution < 1.29 is 4.52 Å². The maximum absolute atomic E-state index is 5.15. The summed E-state index contributed by atoms with van der Waals surface area (Å²) in [5.41, 5.74) is 0.954. The zero-order valence-electron chi connectivity index (χ0n) is 10.8. The lowest BCUT2D eigenvalue weighted by molar-refractivity contribution is 0.355. The van der Waals surface area contributed by atoms with E-state index in [2.05, 4.69) is 24.3 Å². The van der Waals surface area contributed by atoms with E-state index in [-0.39, 0.29) is 0 Å². The molecule has 0 fully saturated rings. The normalized spacial score (nSPS) is 12.9. The Morgan fingerprint density at radius 3 is 2.81 bits per heavy atom. The predicted octanol–water partition coefficient (Wildman–Crippen LogP) is 3.29. The van der Waals surface area contributed by atoms with Gasteiger partial charge in [-0.3, -0.25) is 0 Å². The minimum Gasteiger partial charge on any atom is -0.360 e. The van der Waals surface area contributed by atoms with Gasteiger partial charge in [-0.15, -0.1) is 0 Å². The molecule has 0 bridgehead atoms.